The number of carbonyl (C=O) groups excluding carboxylic acids is 1. The Labute approximate surface area is 119 Å². The summed E-state index contributed by atoms with van der Waals surface area (Å²) in [5.74, 6) is 6.05. The van der Waals surface area contributed by atoms with E-state index in [1.807, 2.05) is 6.07 Å². The Morgan fingerprint density at radius 1 is 1.35 bits per heavy atom. The molecule has 20 heavy (non-hydrogen) atoms. The van der Waals surface area contributed by atoms with Crippen molar-refractivity contribution in [1.29, 1.82) is 0 Å². The van der Waals surface area contributed by atoms with Crippen molar-refractivity contribution in [3.8, 4) is 0 Å². The summed E-state index contributed by atoms with van der Waals surface area (Å²) in [6, 6.07) is 2.57. The molecule has 0 radical (unpaired) electrons. The zero-order valence-corrected chi connectivity index (χ0v) is 11.8. The summed E-state index contributed by atoms with van der Waals surface area (Å²) >= 11 is 0. The predicted molar refractivity (Wildman–Crippen MR) is 75.8 cm³/mol. The molecule has 1 aliphatic carbocycles. The summed E-state index contributed by atoms with van der Waals surface area (Å²) in [7, 11) is 0. The van der Waals surface area contributed by atoms with Crippen LogP contribution in [0.5, 0.6) is 0 Å². The van der Waals surface area contributed by atoms with Gasteiger partial charge in [-0.15, -0.1) is 0 Å². The lowest BCUT2D eigenvalue weighted by molar-refractivity contribution is 0.0540. The lowest BCUT2D eigenvalue weighted by Crippen LogP contribution is -2.46. The summed E-state index contributed by atoms with van der Waals surface area (Å²) in [6.07, 6.45) is 9.56. The van der Waals surface area contributed by atoms with Gasteiger partial charge >= 0.3 is 5.91 Å². The van der Waals surface area contributed by atoms with E-state index in [0.29, 0.717) is 11.8 Å². The lowest BCUT2D eigenvalue weighted by Gasteiger charge is -2.44. The minimum atomic E-state index is -0.345. The van der Waals surface area contributed by atoms with Crippen molar-refractivity contribution in [2.75, 3.05) is 6.54 Å². The minimum absolute atomic E-state index is 0.345. The number of amides is 1. The summed E-state index contributed by atoms with van der Waals surface area (Å²) in [5.41, 5.74) is 3.09. The summed E-state index contributed by atoms with van der Waals surface area (Å²) < 4.78 is 5.28. The van der Waals surface area contributed by atoms with Crippen molar-refractivity contribution < 1.29 is 9.21 Å². The van der Waals surface area contributed by atoms with Crippen molar-refractivity contribution in [1.82, 2.24) is 10.3 Å². The molecule has 5 heteroatoms. The van der Waals surface area contributed by atoms with Gasteiger partial charge in [-0.25, -0.2) is 5.84 Å². The SMILES string of the molecule is NNC(=O)c1occc1CN1CCC[C@H]2CCCC[C@H]21. The molecule has 2 aliphatic rings. The van der Waals surface area contributed by atoms with Crippen LogP contribution < -0.4 is 11.3 Å². The van der Waals surface area contributed by atoms with Gasteiger partial charge in [0.05, 0.1) is 6.26 Å². The molecule has 1 saturated carbocycles. The highest BCUT2D eigenvalue weighted by molar-refractivity contribution is 5.92. The Morgan fingerprint density at radius 3 is 3.00 bits per heavy atom. The Bertz CT molecular complexity index is 469. The van der Waals surface area contributed by atoms with Crippen molar-refractivity contribution in [3.63, 3.8) is 0 Å². The second kappa shape index (κ2) is 5.97. The second-order valence-corrected chi connectivity index (χ2v) is 5.97. The number of nitrogens with two attached hydrogens (primary N) is 1. The molecule has 0 spiro atoms. The van der Waals surface area contributed by atoms with E-state index in [1.165, 1.54) is 38.5 Å². The first-order valence-electron chi connectivity index (χ1n) is 7.61. The van der Waals surface area contributed by atoms with Crippen LogP contribution in [0.25, 0.3) is 0 Å². The van der Waals surface area contributed by atoms with Gasteiger partial charge < -0.3 is 4.42 Å². The van der Waals surface area contributed by atoms with Crippen molar-refractivity contribution >= 4 is 5.91 Å². The van der Waals surface area contributed by atoms with Crippen LogP contribution in [0.1, 0.15) is 54.6 Å². The van der Waals surface area contributed by atoms with Gasteiger partial charge in [0, 0.05) is 18.2 Å². The lowest BCUT2D eigenvalue weighted by atomic mass is 9.78. The Morgan fingerprint density at radius 2 is 2.15 bits per heavy atom. The third-order valence-electron chi connectivity index (χ3n) is 4.82. The molecule has 1 aromatic rings. The molecule has 2 atom stereocenters. The summed E-state index contributed by atoms with van der Waals surface area (Å²) in [6.45, 7) is 1.91. The number of fused-ring (bicyclic) bond motifs is 1. The second-order valence-electron chi connectivity index (χ2n) is 5.97. The van der Waals surface area contributed by atoms with E-state index in [0.717, 1.165) is 24.6 Å². The van der Waals surface area contributed by atoms with Crippen LogP contribution in [0.3, 0.4) is 0 Å². The van der Waals surface area contributed by atoms with Gasteiger partial charge in [0.15, 0.2) is 5.76 Å². The van der Waals surface area contributed by atoms with Gasteiger partial charge in [-0.3, -0.25) is 15.1 Å². The molecule has 3 rings (SSSR count). The molecule has 3 N–H and O–H groups in total. The Balaban J connectivity index is 1.73. The van der Waals surface area contributed by atoms with Gasteiger partial charge in [-0.05, 0) is 44.2 Å². The van der Waals surface area contributed by atoms with Crippen LogP contribution in [-0.2, 0) is 6.54 Å². The van der Waals surface area contributed by atoms with Crippen LogP contribution in [0.2, 0.25) is 0 Å². The zero-order valence-electron chi connectivity index (χ0n) is 11.8. The number of nitrogens with zero attached hydrogens (tertiary/aromatic N) is 1. The maximum absolute atomic E-state index is 11.7. The van der Waals surface area contributed by atoms with Crippen LogP contribution in [0.15, 0.2) is 16.7 Å². The predicted octanol–water partition coefficient (Wildman–Crippen LogP) is 2.04. The van der Waals surface area contributed by atoms with Gasteiger partial charge in [0.1, 0.15) is 0 Å². The fourth-order valence-electron chi connectivity index (χ4n) is 3.87. The monoisotopic (exact) mass is 277 g/mol. The zero-order chi connectivity index (χ0) is 13.9. The number of carbonyl (C=O) groups is 1. The van der Waals surface area contributed by atoms with E-state index in [-0.39, 0.29) is 5.91 Å². The van der Waals surface area contributed by atoms with Crippen LogP contribution >= 0.6 is 0 Å². The first kappa shape index (κ1) is 13.6. The van der Waals surface area contributed by atoms with Gasteiger partial charge in [-0.1, -0.05) is 12.8 Å². The molecule has 2 heterocycles. The first-order valence-corrected chi connectivity index (χ1v) is 7.61. The number of nitrogens with one attached hydrogen (secondary N) is 1. The highest BCUT2D eigenvalue weighted by Crippen LogP contribution is 2.36. The Kier molecular flexibility index (Phi) is 4.08. The van der Waals surface area contributed by atoms with Crippen LogP contribution in [0.4, 0.5) is 0 Å². The number of hydrazine groups is 1. The van der Waals surface area contributed by atoms with Crippen molar-refractivity contribution in [3.05, 3.63) is 23.7 Å². The number of likely N-dealkylation sites (tertiary alicyclic amines) is 1. The molecular formula is C15H23N3O2. The van der Waals surface area contributed by atoms with Crippen LogP contribution in [-0.4, -0.2) is 23.4 Å². The van der Waals surface area contributed by atoms with E-state index in [1.54, 1.807) is 6.26 Å². The average molecular weight is 277 g/mol. The quantitative estimate of drug-likeness (QED) is 0.504. The molecular weight excluding hydrogens is 254 g/mol. The third kappa shape index (κ3) is 2.60. The van der Waals surface area contributed by atoms with Gasteiger partial charge in [0.25, 0.3) is 0 Å². The topological polar surface area (TPSA) is 71.5 Å². The number of rotatable bonds is 3. The third-order valence-corrected chi connectivity index (χ3v) is 4.82. The molecule has 5 nitrogen and oxygen atoms in total. The van der Waals surface area contributed by atoms with E-state index in [2.05, 4.69) is 10.3 Å². The minimum Gasteiger partial charge on any atom is -0.459 e. The van der Waals surface area contributed by atoms with Crippen LogP contribution in [0, 0.1) is 5.92 Å². The first-order chi connectivity index (χ1) is 9.79. The van der Waals surface area contributed by atoms with Crippen molar-refractivity contribution in [2.45, 2.75) is 51.1 Å². The maximum Gasteiger partial charge on any atom is 0.301 e. The number of hydrogen-bond acceptors (Lipinski definition) is 4. The molecule has 1 amide bonds. The molecule has 1 aromatic heterocycles. The summed E-state index contributed by atoms with van der Waals surface area (Å²) in [5, 5.41) is 0. The van der Waals surface area contributed by atoms with E-state index < -0.39 is 0 Å². The van der Waals surface area contributed by atoms with Gasteiger partial charge in [0.2, 0.25) is 0 Å². The number of furan rings is 1. The molecule has 0 bridgehead atoms. The standard InChI is InChI=1S/C15H23N3O2/c16-17-15(19)14-12(7-9-20-14)10-18-8-3-5-11-4-1-2-6-13(11)18/h7,9,11,13H,1-6,8,10,16H2,(H,17,19)/t11-,13-/m1/s1. The van der Waals surface area contributed by atoms with E-state index >= 15 is 0 Å². The molecule has 110 valence electrons. The number of nitrogen functional groups attached to an aromatic ring is 1. The van der Waals surface area contributed by atoms with E-state index in [4.69, 9.17) is 10.3 Å². The fraction of sp³-hybridized carbons (Fsp3) is 0.667. The number of hydrogen-bond donors (Lipinski definition) is 2. The van der Waals surface area contributed by atoms with E-state index in [9.17, 15) is 4.79 Å². The molecule has 2 fully saturated rings. The highest BCUT2D eigenvalue weighted by Gasteiger charge is 2.33. The van der Waals surface area contributed by atoms with Gasteiger partial charge in [-0.2, -0.15) is 0 Å². The fourth-order valence-corrected chi connectivity index (χ4v) is 3.87. The summed E-state index contributed by atoms with van der Waals surface area (Å²) in [4.78, 5) is 14.2. The molecule has 0 unspecified atom stereocenters. The molecule has 1 saturated heterocycles. The Hall–Kier alpha value is -1.33. The smallest absolute Gasteiger partial charge is 0.301 e. The maximum atomic E-state index is 11.7. The normalized spacial score (nSPS) is 27.1. The molecule has 1 aliphatic heterocycles. The number of piperidine rings is 1. The van der Waals surface area contributed by atoms with Crippen molar-refractivity contribution in [2.24, 2.45) is 11.8 Å². The molecule has 0 aromatic carbocycles. The largest absolute Gasteiger partial charge is 0.459 e. The average Bonchev–Trinajstić information content (AvgIpc) is 2.95. The highest BCUT2D eigenvalue weighted by atomic mass is 16.3.